The molecule has 1 heteroatoms. The van der Waals surface area contributed by atoms with Gasteiger partial charge in [-0.25, -0.2) is 0 Å². The number of aryl methyl sites for hydroxylation is 2. The minimum absolute atomic E-state index is 1.28. The van der Waals surface area contributed by atoms with Crippen molar-refractivity contribution in [3.8, 4) is 0 Å². The zero-order valence-corrected chi connectivity index (χ0v) is 16.7. The Hall–Kier alpha value is -0.720. The highest BCUT2D eigenvalue weighted by Crippen LogP contribution is 2.17. The minimum atomic E-state index is 1.28. The molecule has 0 unspecified atom stereocenters. The van der Waals surface area contributed by atoms with Crippen LogP contribution in [0, 0.1) is 0 Å². The van der Waals surface area contributed by atoms with E-state index in [1.807, 2.05) is 0 Å². The molecule has 0 saturated carbocycles. The lowest BCUT2D eigenvalue weighted by atomic mass is 10.00. The lowest BCUT2D eigenvalue weighted by molar-refractivity contribution is 0.574. The maximum Gasteiger partial charge on any atom is 0.00401 e. The molecule has 0 saturated heterocycles. The minimum Gasteiger partial charge on any atom is -0.367 e. The van der Waals surface area contributed by atoms with E-state index in [1.165, 1.54) is 109 Å². The highest BCUT2D eigenvalue weighted by molar-refractivity contribution is 5.23. The first-order valence-corrected chi connectivity index (χ1v) is 11.0. The number of nitrogens with one attached hydrogen (secondary N) is 1. The summed E-state index contributed by atoms with van der Waals surface area (Å²) < 4.78 is 0. The molecule has 0 aromatic carbocycles. The molecule has 24 heavy (non-hydrogen) atoms. The van der Waals surface area contributed by atoms with Gasteiger partial charge in [-0.3, -0.25) is 0 Å². The van der Waals surface area contributed by atoms with E-state index in [9.17, 15) is 0 Å². The summed E-state index contributed by atoms with van der Waals surface area (Å²) >= 11 is 0. The Labute approximate surface area is 152 Å². The zero-order chi connectivity index (χ0) is 17.3. The monoisotopic (exact) mass is 333 g/mol. The second kappa shape index (κ2) is 15.8. The third-order valence-corrected chi connectivity index (χ3v) is 5.28. The van der Waals surface area contributed by atoms with E-state index in [4.69, 9.17) is 0 Å². The van der Waals surface area contributed by atoms with Crippen LogP contribution in [0.1, 0.15) is 121 Å². The molecule has 0 aliphatic heterocycles. The van der Waals surface area contributed by atoms with Gasteiger partial charge in [-0.2, -0.15) is 0 Å². The number of hydrogen-bond acceptors (Lipinski definition) is 0. The van der Waals surface area contributed by atoms with Gasteiger partial charge in [0.1, 0.15) is 0 Å². The van der Waals surface area contributed by atoms with Crippen molar-refractivity contribution in [3.05, 3.63) is 23.5 Å². The topological polar surface area (TPSA) is 15.8 Å². The Bertz CT molecular complexity index is 366. The van der Waals surface area contributed by atoms with Crippen molar-refractivity contribution in [2.75, 3.05) is 0 Å². The van der Waals surface area contributed by atoms with Crippen molar-refractivity contribution in [1.29, 1.82) is 0 Å². The van der Waals surface area contributed by atoms with Gasteiger partial charge in [0.2, 0.25) is 0 Å². The Morgan fingerprint density at radius 3 is 1.21 bits per heavy atom. The highest BCUT2D eigenvalue weighted by Gasteiger charge is 2.03. The summed E-state index contributed by atoms with van der Waals surface area (Å²) in [7, 11) is 0. The lowest BCUT2D eigenvalue weighted by Crippen LogP contribution is -1.92. The molecule has 0 spiro atoms. The molecular formula is C23H43N. The quantitative estimate of drug-likeness (QED) is 0.278. The summed E-state index contributed by atoms with van der Waals surface area (Å²) in [6.07, 6.45) is 28.2. The molecule has 1 nitrogen and oxygen atoms in total. The number of rotatable bonds is 17. The molecule has 0 aliphatic rings. The molecule has 1 aromatic heterocycles. The Morgan fingerprint density at radius 1 is 0.500 bits per heavy atom. The summed E-state index contributed by atoms with van der Waals surface area (Å²) in [5.41, 5.74) is 3.18. The smallest absolute Gasteiger partial charge is 0.00401 e. The van der Waals surface area contributed by atoms with Gasteiger partial charge < -0.3 is 4.98 Å². The van der Waals surface area contributed by atoms with E-state index in [1.54, 1.807) is 11.1 Å². The first-order valence-electron chi connectivity index (χ1n) is 11.0. The molecule has 0 radical (unpaired) electrons. The van der Waals surface area contributed by atoms with Gasteiger partial charge in [-0.05, 0) is 36.8 Å². The molecule has 1 N–H and O–H groups in total. The summed E-state index contributed by atoms with van der Waals surface area (Å²) in [5.74, 6) is 0. The van der Waals surface area contributed by atoms with Crippen LogP contribution in [0.25, 0.3) is 0 Å². The van der Waals surface area contributed by atoms with Crippen molar-refractivity contribution >= 4 is 0 Å². The van der Waals surface area contributed by atoms with Gasteiger partial charge in [0.25, 0.3) is 0 Å². The van der Waals surface area contributed by atoms with Crippen LogP contribution < -0.4 is 0 Å². The summed E-state index contributed by atoms with van der Waals surface area (Å²) in [6.45, 7) is 4.58. The standard InChI is InChI=1S/C23H43N/c1-3-5-7-9-11-13-15-17-19-23-21-24-20-22(23)18-16-14-12-10-8-6-4-2/h20-21,24H,3-19H2,1-2H3. The third kappa shape index (κ3) is 10.9. The van der Waals surface area contributed by atoms with E-state index >= 15 is 0 Å². The first kappa shape index (κ1) is 21.3. The molecule has 1 aromatic rings. The van der Waals surface area contributed by atoms with Crippen LogP contribution in [-0.2, 0) is 12.8 Å². The fourth-order valence-corrected chi connectivity index (χ4v) is 3.62. The Kier molecular flexibility index (Phi) is 14.0. The average molecular weight is 334 g/mol. The van der Waals surface area contributed by atoms with E-state index in [0.717, 1.165) is 0 Å². The van der Waals surface area contributed by atoms with Crippen molar-refractivity contribution in [3.63, 3.8) is 0 Å². The van der Waals surface area contributed by atoms with Gasteiger partial charge in [0.05, 0.1) is 0 Å². The average Bonchev–Trinajstić information content (AvgIpc) is 3.04. The van der Waals surface area contributed by atoms with E-state index in [2.05, 4.69) is 31.2 Å². The van der Waals surface area contributed by atoms with Gasteiger partial charge in [0.15, 0.2) is 0 Å². The summed E-state index contributed by atoms with van der Waals surface area (Å²) in [4.78, 5) is 3.34. The van der Waals surface area contributed by atoms with Crippen molar-refractivity contribution in [2.24, 2.45) is 0 Å². The van der Waals surface area contributed by atoms with E-state index < -0.39 is 0 Å². The van der Waals surface area contributed by atoms with Crippen LogP contribution in [0.5, 0.6) is 0 Å². The first-order chi connectivity index (χ1) is 11.9. The number of unbranched alkanes of at least 4 members (excludes halogenated alkanes) is 13. The van der Waals surface area contributed by atoms with E-state index in [0.29, 0.717) is 0 Å². The van der Waals surface area contributed by atoms with Crippen molar-refractivity contribution in [2.45, 2.75) is 123 Å². The SMILES string of the molecule is CCCCCCCCCCc1c[nH]cc1CCCCCCCCC. The van der Waals surface area contributed by atoms with E-state index in [-0.39, 0.29) is 0 Å². The van der Waals surface area contributed by atoms with Crippen LogP contribution in [0.2, 0.25) is 0 Å². The number of hydrogen-bond donors (Lipinski definition) is 1. The maximum absolute atomic E-state index is 3.34. The lowest BCUT2D eigenvalue weighted by Gasteiger charge is -2.05. The molecule has 0 amide bonds. The van der Waals surface area contributed by atoms with Crippen molar-refractivity contribution in [1.82, 2.24) is 4.98 Å². The third-order valence-electron chi connectivity index (χ3n) is 5.28. The van der Waals surface area contributed by atoms with Crippen LogP contribution in [0.4, 0.5) is 0 Å². The Morgan fingerprint density at radius 2 is 0.833 bits per heavy atom. The predicted octanol–water partition coefficient (Wildman–Crippen LogP) is 7.99. The predicted molar refractivity (Wildman–Crippen MR) is 109 cm³/mol. The number of aromatic amines is 1. The van der Waals surface area contributed by atoms with Crippen LogP contribution in [-0.4, -0.2) is 4.98 Å². The molecule has 140 valence electrons. The van der Waals surface area contributed by atoms with Gasteiger partial charge in [-0.1, -0.05) is 97.3 Å². The van der Waals surface area contributed by atoms with Gasteiger partial charge in [-0.15, -0.1) is 0 Å². The van der Waals surface area contributed by atoms with Gasteiger partial charge >= 0.3 is 0 Å². The molecule has 0 bridgehead atoms. The highest BCUT2D eigenvalue weighted by atomic mass is 14.6. The molecule has 1 heterocycles. The fourth-order valence-electron chi connectivity index (χ4n) is 3.62. The Balaban J connectivity index is 2.01. The summed E-state index contributed by atoms with van der Waals surface area (Å²) in [5, 5.41) is 0. The molecule has 1 rings (SSSR count). The second-order valence-corrected chi connectivity index (χ2v) is 7.60. The summed E-state index contributed by atoms with van der Waals surface area (Å²) in [6, 6.07) is 0. The van der Waals surface area contributed by atoms with Crippen molar-refractivity contribution < 1.29 is 0 Å². The fraction of sp³-hybridized carbons (Fsp3) is 0.826. The molecular weight excluding hydrogens is 290 g/mol. The molecule has 0 atom stereocenters. The van der Waals surface area contributed by atoms with Gasteiger partial charge in [0, 0.05) is 12.4 Å². The van der Waals surface area contributed by atoms with Crippen LogP contribution in [0.3, 0.4) is 0 Å². The molecule has 0 aliphatic carbocycles. The zero-order valence-electron chi connectivity index (χ0n) is 16.7. The molecule has 0 fully saturated rings. The normalized spacial score (nSPS) is 11.2. The largest absolute Gasteiger partial charge is 0.367 e. The number of aromatic nitrogens is 1. The van der Waals surface area contributed by atoms with Crippen LogP contribution >= 0.6 is 0 Å². The second-order valence-electron chi connectivity index (χ2n) is 7.60. The van der Waals surface area contributed by atoms with Crippen LogP contribution in [0.15, 0.2) is 12.4 Å². The number of H-pyrrole nitrogens is 1. The maximum atomic E-state index is 3.34.